The van der Waals surface area contributed by atoms with Crippen molar-refractivity contribution >= 4 is 0 Å². The first-order chi connectivity index (χ1) is 4.66. The van der Waals surface area contributed by atoms with Crippen molar-refractivity contribution in [2.45, 2.75) is 46.4 Å². The van der Waals surface area contributed by atoms with Crippen LogP contribution in [0.5, 0.6) is 0 Å². The molecule has 0 saturated heterocycles. The lowest BCUT2D eigenvalue weighted by Crippen LogP contribution is -2.34. The largest absolute Gasteiger partial charge is 0.364 e. The molecule has 0 aromatic rings. The van der Waals surface area contributed by atoms with E-state index in [4.69, 9.17) is 4.74 Å². The Balaban J connectivity index is 3.16. The number of rotatable bonds is 5. The van der Waals surface area contributed by atoms with Crippen LogP contribution in [0.1, 0.15) is 34.1 Å². The molecule has 1 atom stereocenters. The normalized spacial score (nSPS) is 14.1. The zero-order valence-corrected chi connectivity index (χ0v) is 7.48. The molecule has 0 spiro atoms. The van der Waals surface area contributed by atoms with Crippen molar-refractivity contribution < 1.29 is 4.74 Å². The van der Waals surface area contributed by atoms with Crippen LogP contribution in [0, 0.1) is 0 Å². The fourth-order valence-corrected chi connectivity index (χ4v) is 0.812. The molecule has 0 bridgehead atoms. The van der Waals surface area contributed by atoms with E-state index < -0.39 is 0 Å². The molecule has 0 rings (SSSR count). The maximum atomic E-state index is 5.39. The Morgan fingerprint density at radius 3 is 2.30 bits per heavy atom. The fraction of sp³-hybridized carbons (Fsp3) is 1.00. The maximum absolute atomic E-state index is 5.39. The Labute approximate surface area is 64.0 Å². The second-order valence-corrected chi connectivity index (χ2v) is 2.83. The third-order valence-corrected chi connectivity index (χ3v) is 1.14. The second-order valence-electron chi connectivity index (χ2n) is 2.83. The van der Waals surface area contributed by atoms with E-state index in [1.54, 1.807) is 0 Å². The molecule has 2 heteroatoms. The van der Waals surface area contributed by atoms with Crippen LogP contribution in [0.2, 0.25) is 0 Å². The van der Waals surface area contributed by atoms with E-state index in [2.05, 4.69) is 26.1 Å². The predicted molar refractivity (Wildman–Crippen MR) is 44.0 cm³/mol. The molecule has 0 aromatic heterocycles. The Morgan fingerprint density at radius 1 is 1.30 bits per heavy atom. The molecule has 0 aliphatic heterocycles. The first-order valence-electron chi connectivity index (χ1n) is 4.04. The van der Waals surface area contributed by atoms with E-state index >= 15 is 0 Å². The molecular weight excluding hydrogens is 126 g/mol. The summed E-state index contributed by atoms with van der Waals surface area (Å²) in [7, 11) is 0. The molecule has 0 radical (unpaired) electrons. The van der Waals surface area contributed by atoms with Gasteiger partial charge in [0.15, 0.2) is 0 Å². The molecule has 10 heavy (non-hydrogen) atoms. The summed E-state index contributed by atoms with van der Waals surface area (Å²) in [5.74, 6) is 0. The molecule has 62 valence electrons. The lowest BCUT2D eigenvalue weighted by Gasteiger charge is -2.16. The van der Waals surface area contributed by atoms with Gasteiger partial charge in [-0.15, -0.1) is 0 Å². The Kier molecular flexibility index (Phi) is 5.64. The molecule has 0 heterocycles. The van der Waals surface area contributed by atoms with E-state index in [0.717, 1.165) is 13.0 Å². The van der Waals surface area contributed by atoms with Gasteiger partial charge in [0, 0.05) is 12.6 Å². The zero-order chi connectivity index (χ0) is 7.98. The van der Waals surface area contributed by atoms with Crippen LogP contribution in [0.3, 0.4) is 0 Å². The average molecular weight is 145 g/mol. The molecule has 0 fully saturated rings. The quantitative estimate of drug-likeness (QED) is 0.595. The van der Waals surface area contributed by atoms with E-state index in [9.17, 15) is 0 Å². The highest BCUT2D eigenvalue weighted by Crippen LogP contribution is 1.89. The minimum Gasteiger partial charge on any atom is -0.364 e. The van der Waals surface area contributed by atoms with Gasteiger partial charge in [0.2, 0.25) is 0 Å². The Hall–Kier alpha value is -0.0800. The van der Waals surface area contributed by atoms with Crippen LogP contribution in [-0.4, -0.2) is 18.9 Å². The van der Waals surface area contributed by atoms with E-state index in [-0.39, 0.29) is 6.23 Å². The molecule has 0 saturated carbocycles. The second kappa shape index (κ2) is 5.69. The van der Waals surface area contributed by atoms with Gasteiger partial charge in [-0.2, -0.15) is 0 Å². The summed E-state index contributed by atoms with van der Waals surface area (Å²) in [5, 5.41) is 3.26. The van der Waals surface area contributed by atoms with Gasteiger partial charge < -0.3 is 4.74 Å². The van der Waals surface area contributed by atoms with Crippen LogP contribution in [0.4, 0.5) is 0 Å². The highest BCUT2D eigenvalue weighted by atomic mass is 16.5. The minimum atomic E-state index is 0.194. The monoisotopic (exact) mass is 145 g/mol. The van der Waals surface area contributed by atoms with Gasteiger partial charge in [0.25, 0.3) is 0 Å². The summed E-state index contributed by atoms with van der Waals surface area (Å²) in [4.78, 5) is 0. The van der Waals surface area contributed by atoms with Crippen molar-refractivity contribution in [1.29, 1.82) is 0 Å². The zero-order valence-electron chi connectivity index (χ0n) is 7.48. The van der Waals surface area contributed by atoms with Crippen molar-refractivity contribution in [2.24, 2.45) is 0 Å². The molecule has 1 unspecified atom stereocenters. The summed E-state index contributed by atoms with van der Waals surface area (Å²) in [6.45, 7) is 9.23. The number of hydrogen-bond donors (Lipinski definition) is 1. The summed E-state index contributed by atoms with van der Waals surface area (Å²) < 4.78 is 5.39. The predicted octanol–water partition coefficient (Wildman–Crippen LogP) is 1.76. The van der Waals surface area contributed by atoms with Crippen LogP contribution in [-0.2, 0) is 4.74 Å². The molecule has 0 amide bonds. The van der Waals surface area contributed by atoms with Gasteiger partial charge in [-0.05, 0) is 27.2 Å². The molecular formula is C8H19NO. The van der Waals surface area contributed by atoms with Crippen LogP contribution >= 0.6 is 0 Å². The summed E-state index contributed by atoms with van der Waals surface area (Å²) in [6.07, 6.45) is 1.28. The lowest BCUT2D eigenvalue weighted by molar-refractivity contribution is 0.0376. The standard InChI is InChI=1S/C8H19NO/c1-5-6-10-8(4)9-7(2)3/h7-9H,5-6H2,1-4H3. The van der Waals surface area contributed by atoms with E-state index in [1.165, 1.54) is 0 Å². The van der Waals surface area contributed by atoms with Gasteiger partial charge in [-0.25, -0.2) is 0 Å². The van der Waals surface area contributed by atoms with Gasteiger partial charge >= 0.3 is 0 Å². The highest BCUT2D eigenvalue weighted by Gasteiger charge is 2.00. The molecule has 0 aromatic carbocycles. The summed E-state index contributed by atoms with van der Waals surface area (Å²) in [5.41, 5.74) is 0. The molecule has 0 aliphatic carbocycles. The van der Waals surface area contributed by atoms with Crippen LogP contribution in [0.15, 0.2) is 0 Å². The average Bonchev–Trinajstić information content (AvgIpc) is 1.82. The molecule has 2 nitrogen and oxygen atoms in total. The fourth-order valence-electron chi connectivity index (χ4n) is 0.812. The Bertz CT molecular complexity index is 73.7. The number of ether oxygens (including phenoxy) is 1. The van der Waals surface area contributed by atoms with Crippen molar-refractivity contribution in [3.05, 3.63) is 0 Å². The summed E-state index contributed by atoms with van der Waals surface area (Å²) in [6, 6.07) is 0.506. The molecule has 1 N–H and O–H groups in total. The maximum Gasteiger partial charge on any atom is 0.105 e. The van der Waals surface area contributed by atoms with E-state index in [1.807, 2.05) is 6.92 Å². The van der Waals surface area contributed by atoms with Crippen molar-refractivity contribution in [1.82, 2.24) is 5.32 Å². The van der Waals surface area contributed by atoms with Gasteiger partial charge in [0.1, 0.15) is 6.23 Å². The minimum absolute atomic E-state index is 0.194. The third kappa shape index (κ3) is 6.05. The van der Waals surface area contributed by atoms with Crippen molar-refractivity contribution in [3.63, 3.8) is 0 Å². The lowest BCUT2D eigenvalue weighted by atomic mass is 10.4. The smallest absolute Gasteiger partial charge is 0.105 e. The Morgan fingerprint density at radius 2 is 1.90 bits per heavy atom. The van der Waals surface area contributed by atoms with Crippen LogP contribution < -0.4 is 5.32 Å². The number of hydrogen-bond acceptors (Lipinski definition) is 2. The summed E-state index contributed by atoms with van der Waals surface area (Å²) >= 11 is 0. The number of nitrogens with one attached hydrogen (secondary N) is 1. The SMILES string of the molecule is CCCOC(C)NC(C)C. The first kappa shape index (κ1) is 9.92. The van der Waals surface area contributed by atoms with E-state index in [0.29, 0.717) is 6.04 Å². The molecule has 0 aliphatic rings. The van der Waals surface area contributed by atoms with Gasteiger partial charge in [-0.1, -0.05) is 6.92 Å². The van der Waals surface area contributed by atoms with Crippen LogP contribution in [0.25, 0.3) is 0 Å². The third-order valence-electron chi connectivity index (χ3n) is 1.14. The topological polar surface area (TPSA) is 21.3 Å². The highest BCUT2D eigenvalue weighted by molar-refractivity contribution is 4.53. The van der Waals surface area contributed by atoms with Gasteiger partial charge in [0.05, 0.1) is 0 Å². The van der Waals surface area contributed by atoms with Gasteiger partial charge in [-0.3, -0.25) is 5.32 Å². The van der Waals surface area contributed by atoms with Crippen molar-refractivity contribution in [3.8, 4) is 0 Å². The first-order valence-corrected chi connectivity index (χ1v) is 4.04. The van der Waals surface area contributed by atoms with Crippen molar-refractivity contribution in [2.75, 3.05) is 6.61 Å².